The molecule has 0 saturated heterocycles. The van der Waals surface area contributed by atoms with Crippen LogP contribution < -0.4 is 0 Å². The zero-order valence-electron chi connectivity index (χ0n) is 11.8. The topological polar surface area (TPSA) is 35.5 Å². The average molecular weight is 502 g/mol. The molecule has 0 amide bonds. The van der Waals surface area contributed by atoms with Gasteiger partial charge in [0.2, 0.25) is 0 Å². The van der Waals surface area contributed by atoms with Crippen LogP contribution in [-0.2, 0) is 9.47 Å². The summed E-state index contributed by atoms with van der Waals surface area (Å²) in [5.74, 6) is 5.49. The molecule has 0 radical (unpaired) electrons. The summed E-state index contributed by atoms with van der Waals surface area (Å²) in [4.78, 5) is 11.6. The van der Waals surface area contributed by atoms with Gasteiger partial charge in [-0.2, -0.15) is 0 Å². The fourth-order valence-corrected chi connectivity index (χ4v) is 2.33. The fourth-order valence-electron chi connectivity index (χ4n) is 1.40. The Morgan fingerprint density at radius 3 is 1.60 bits per heavy atom. The second kappa shape index (κ2) is 11.5. The van der Waals surface area contributed by atoms with Gasteiger partial charge in [-0.1, -0.05) is 59.0 Å². The van der Waals surface area contributed by atoms with Crippen LogP contribution in [0.25, 0.3) is 0 Å². The maximum absolute atomic E-state index is 11.6. The minimum Gasteiger partial charge on any atom is -0.434 e. The predicted molar refractivity (Wildman–Crippen MR) is 98.1 cm³/mol. The normalized spacial score (nSPS) is 16.1. The molecule has 0 aliphatic rings. The van der Waals surface area contributed by atoms with Crippen molar-refractivity contribution in [2.24, 2.45) is 11.8 Å². The first kappa shape index (κ1) is 19.9. The third kappa shape index (κ3) is 8.91. The van der Waals surface area contributed by atoms with Crippen molar-refractivity contribution in [3.8, 4) is 24.7 Å². The zero-order valence-corrected chi connectivity index (χ0v) is 16.1. The van der Waals surface area contributed by atoms with E-state index in [2.05, 4.69) is 57.0 Å². The molecule has 0 aromatic rings. The lowest BCUT2D eigenvalue weighted by Crippen LogP contribution is -2.23. The van der Waals surface area contributed by atoms with Crippen LogP contribution in [0.4, 0.5) is 4.79 Å². The Morgan fingerprint density at radius 2 is 1.35 bits per heavy atom. The van der Waals surface area contributed by atoms with Crippen LogP contribution in [-0.4, -0.2) is 27.2 Å². The molecule has 0 rings (SSSR count). The molecule has 0 spiro atoms. The Hall–Kier alpha value is -0.150. The molecule has 4 unspecified atom stereocenters. The van der Waals surface area contributed by atoms with Crippen LogP contribution in [0.3, 0.4) is 0 Å². The van der Waals surface area contributed by atoms with Gasteiger partial charge >= 0.3 is 6.16 Å². The molecule has 0 heterocycles. The van der Waals surface area contributed by atoms with E-state index in [9.17, 15) is 4.79 Å². The van der Waals surface area contributed by atoms with Gasteiger partial charge in [0.25, 0.3) is 0 Å². The maximum Gasteiger partial charge on any atom is 0.508 e. The summed E-state index contributed by atoms with van der Waals surface area (Å²) < 4.78 is 10.9. The SMILES string of the molecule is C#CCC(COC(=O)OCC(CC#C)C(C)I)C(C)I. The largest absolute Gasteiger partial charge is 0.508 e. The summed E-state index contributed by atoms with van der Waals surface area (Å²) in [6, 6.07) is 0. The van der Waals surface area contributed by atoms with Gasteiger partial charge in [-0.25, -0.2) is 4.79 Å². The van der Waals surface area contributed by atoms with E-state index in [0.717, 1.165) is 0 Å². The van der Waals surface area contributed by atoms with Crippen molar-refractivity contribution in [3.63, 3.8) is 0 Å². The van der Waals surface area contributed by atoms with E-state index >= 15 is 0 Å². The first-order chi connectivity index (χ1) is 9.42. The predicted octanol–water partition coefficient (Wildman–Crippen LogP) is 4.07. The Balaban J connectivity index is 4.11. The number of hydrogen-bond donors (Lipinski definition) is 0. The standard InChI is InChI=1S/C15H20I2O3/c1-5-7-13(11(3)16)9-19-15(18)20-10-14(8-6-2)12(4)17/h1-2,11-14H,7-10H2,3-4H3. The van der Waals surface area contributed by atoms with Crippen molar-refractivity contribution < 1.29 is 14.3 Å². The van der Waals surface area contributed by atoms with Crippen LogP contribution in [0.2, 0.25) is 0 Å². The minimum absolute atomic E-state index is 0.151. The number of carbonyl (C=O) groups excluding carboxylic acids is 1. The first-order valence-electron chi connectivity index (χ1n) is 6.36. The van der Waals surface area contributed by atoms with Gasteiger partial charge in [-0.05, 0) is 0 Å². The van der Waals surface area contributed by atoms with Gasteiger partial charge in [-0.3, -0.25) is 0 Å². The molecule has 0 aliphatic carbocycles. The highest BCUT2D eigenvalue weighted by atomic mass is 127. The Kier molecular flexibility index (Phi) is 11.4. The Labute approximate surface area is 149 Å². The highest BCUT2D eigenvalue weighted by Gasteiger charge is 2.19. The van der Waals surface area contributed by atoms with Crippen molar-refractivity contribution in [1.82, 2.24) is 0 Å². The number of hydrogen-bond acceptors (Lipinski definition) is 3. The molecular formula is C15H20I2O3. The molecule has 20 heavy (non-hydrogen) atoms. The summed E-state index contributed by atoms with van der Waals surface area (Å²) >= 11 is 4.55. The molecule has 0 bridgehead atoms. The summed E-state index contributed by atoms with van der Waals surface area (Å²) in [6.07, 6.45) is 11.1. The Morgan fingerprint density at radius 1 is 1.00 bits per heavy atom. The van der Waals surface area contributed by atoms with Crippen LogP contribution in [0.1, 0.15) is 26.7 Å². The molecule has 0 aromatic heterocycles. The van der Waals surface area contributed by atoms with Crippen molar-refractivity contribution in [2.45, 2.75) is 34.5 Å². The number of carbonyl (C=O) groups is 1. The molecule has 4 atom stereocenters. The van der Waals surface area contributed by atoms with Gasteiger partial charge in [-0.15, -0.1) is 24.7 Å². The van der Waals surface area contributed by atoms with Gasteiger partial charge in [0.1, 0.15) is 0 Å². The fraction of sp³-hybridized carbons (Fsp3) is 0.667. The molecule has 112 valence electrons. The summed E-state index contributed by atoms with van der Waals surface area (Å²) in [6.45, 7) is 4.65. The van der Waals surface area contributed by atoms with E-state index in [1.54, 1.807) is 0 Å². The maximum atomic E-state index is 11.6. The summed E-state index contributed by atoms with van der Waals surface area (Å²) in [5.41, 5.74) is 0. The van der Waals surface area contributed by atoms with Crippen LogP contribution >= 0.6 is 45.2 Å². The van der Waals surface area contributed by atoms with E-state index in [1.165, 1.54) is 0 Å². The van der Waals surface area contributed by atoms with Crippen LogP contribution in [0, 0.1) is 36.5 Å². The minimum atomic E-state index is -0.650. The Bertz CT molecular complexity index is 332. The van der Waals surface area contributed by atoms with Gasteiger partial charge in [0.15, 0.2) is 0 Å². The lowest BCUT2D eigenvalue weighted by atomic mass is 10.0. The monoisotopic (exact) mass is 502 g/mol. The van der Waals surface area contributed by atoms with E-state index in [1.807, 2.05) is 13.8 Å². The summed E-state index contributed by atoms with van der Waals surface area (Å²) in [7, 11) is 0. The van der Waals surface area contributed by atoms with Gasteiger partial charge in [0, 0.05) is 32.5 Å². The molecular weight excluding hydrogens is 482 g/mol. The molecule has 0 fully saturated rings. The highest BCUT2D eigenvalue weighted by molar-refractivity contribution is 14.1. The van der Waals surface area contributed by atoms with Crippen molar-refractivity contribution in [3.05, 3.63) is 0 Å². The second-order valence-electron chi connectivity index (χ2n) is 4.56. The van der Waals surface area contributed by atoms with E-state index in [0.29, 0.717) is 20.7 Å². The quantitative estimate of drug-likeness (QED) is 0.218. The van der Waals surface area contributed by atoms with E-state index in [-0.39, 0.29) is 25.0 Å². The highest BCUT2D eigenvalue weighted by Crippen LogP contribution is 2.19. The number of halogens is 2. The smallest absolute Gasteiger partial charge is 0.434 e. The van der Waals surface area contributed by atoms with Crippen LogP contribution in [0.15, 0.2) is 0 Å². The summed E-state index contributed by atoms with van der Waals surface area (Å²) in [5, 5.41) is 0. The number of ether oxygens (including phenoxy) is 2. The molecule has 0 N–H and O–H groups in total. The molecule has 0 saturated carbocycles. The molecule has 0 aromatic carbocycles. The molecule has 0 aliphatic heterocycles. The lowest BCUT2D eigenvalue weighted by molar-refractivity contribution is 0.0363. The first-order valence-corrected chi connectivity index (χ1v) is 8.86. The van der Waals surface area contributed by atoms with E-state index < -0.39 is 6.16 Å². The third-order valence-electron chi connectivity index (χ3n) is 2.89. The van der Waals surface area contributed by atoms with Gasteiger partial charge < -0.3 is 9.47 Å². The molecule has 3 nitrogen and oxygen atoms in total. The lowest BCUT2D eigenvalue weighted by Gasteiger charge is -2.19. The third-order valence-corrected chi connectivity index (χ3v) is 4.92. The van der Waals surface area contributed by atoms with Crippen LogP contribution in [0.5, 0.6) is 0 Å². The molecule has 5 heteroatoms. The van der Waals surface area contributed by atoms with Crippen molar-refractivity contribution in [1.29, 1.82) is 0 Å². The second-order valence-corrected chi connectivity index (χ2v) is 8.49. The number of terminal acetylenes is 2. The van der Waals surface area contributed by atoms with Crippen molar-refractivity contribution >= 4 is 51.3 Å². The zero-order chi connectivity index (χ0) is 15.5. The number of rotatable bonds is 8. The average Bonchev–Trinajstić information content (AvgIpc) is 2.38. The number of alkyl halides is 2. The van der Waals surface area contributed by atoms with Crippen molar-refractivity contribution in [2.75, 3.05) is 13.2 Å². The van der Waals surface area contributed by atoms with E-state index in [4.69, 9.17) is 22.3 Å². The van der Waals surface area contributed by atoms with Gasteiger partial charge in [0.05, 0.1) is 13.2 Å².